The molecule has 0 aliphatic rings. The SMILES string of the molecule is Cc1ccc(SP)nc1. The van der Waals surface area contributed by atoms with Crippen molar-refractivity contribution in [2.24, 2.45) is 0 Å². The Morgan fingerprint density at radius 3 is 2.78 bits per heavy atom. The zero-order valence-corrected chi connectivity index (χ0v) is 7.14. The Balaban J connectivity index is 2.88. The van der Waals surface area contributed by atoms with Crippen molar-refractivity contribution in [3.8, 4) is 0 Å². The van der Waals surface area contributed by atoms with Crippen LogP contribution in [0.25, 0.3) is 0 Å². The van der Waals surface area contributed by atoms with Crippen molar-refractivity contribution in [2.45, 2.75) is 11.9 Å². The third kappa shape index (κ3) is 1.96. The topological polar surface area (TPSA) is 12.9 Å². The number of hydrogen-bond acceptors (Lipinski definition) is 2. The van der Waals surface area contributed by atoms with E-state index in [9.17, 15) is 0 Å². The fraction of sp³-hybridized carbons (Fsp3) is 0.167. The minimum absolute atomic E-state index is 1.05. The Labute approximate surface area is 61.2 Å². The number of rotatable bonds is 1. The highest BCUT2D eigenvalue weighted by atomic mass is 32.7. The predicted octanol–water partition coefficient (Wildman–Crippen LogP) is 2.27. The molecule has 0 fully saturated rings. The highest BCUT2D eigenvalue weighted by Gasteiger charge is 1.87. The van der Waals surface area contributed by atoms with Crippen molar-refractivity contribution >= 4 is 19.8 Å². The maximum atomic E-state index is 4.14. The quantitative estimate of drug-likeness (QED) is 0.580. The minimum atomic E-state index is 1.05. The molecule has 9 heavy (non-hydrogen) atoms. The summed E-state index contributed by atoms with van der Waals surface area (Å²) in [6.07, 6.45) is 1.87. The average Bonchev–Trinajstić information content (AvgIpc) is 1.90. The minimum Gasteiger partial charge on any atom is -0.249 e. The van der Waals surface area contributed by atoms with E-state index in [0.717, 1.165) is 5.03 Å². The van der Waals surface area contributed by atoms with Gasteiger partial charge in [0.2, 0.25) is 0 Å². The van der Waals surface area contributed by atoms with Gasteiger partial charge < -0.3 is 0 Å². The maximum Gasteiger partial charge on any atom is 0.0996 e. The largest absolute Gasteiger partial charge is 0.249 e. The second kappa shape index (κ2) is 3.19. The van der Waals surface area contributed by atoms with E-state index >= 15 is 0 Å². The highest BCUT2D eigenvalue weighted by molar-refractivity contribution is 8.43. The fourth-order valence-electron chi connectivity index (χ4n) is 0.524. The van der Waals surface area contributed by atoms with Gasteiger partial charge in [0.05, 0.1) is 5.03 Å². The summed E-state index contributed by atoms with van der Waals surface area (Å²) in [6.45, 7) is 2.03. The van der Waals surface area contributed by atoms with Gasteiger partial charge in [-0.05, 0) is 18.6 Å². The monoisotopic (exact) mass is 157 g/mol. The van der Waals surface area contributed by atoms with Crippen LogP contribution >= 0.6 is 19.8 Å². The van der Waals surface area contributed by atoms with Crippen LogP contribution in [0.15, 0.2) is 23.4 Å². The summed E-state index contributed by atoms with van der Waals surface area (Å²) in [5.41, 5.74) is 1.21. The van der Waals surface area contributed by atoms with E-state index < -0.39 is 0 Å². The molecular formula is C6H8NPS. The van der Waals surface area contributed by atoms with E-state index in [1.165, 1.54) is 5.56 Å². The maximum absolute atomic E-state index is 4.14. The summed E-state index contributed by atoms with van der Waals surface area (Å²) >= 11 is 1.58. The molecule has 1 heterocycles. The van der Waals surface area contributed by atoms with Crippen molar-refractivity contribution < 1.29 is 0 Å². The Hall–Kier alpha value is -0.0700. The van der Waals surface area contributed by atoms with Gasteiger partial charge in [-0.3, -0.25) is 0 Å². The van der Waals surface area contributed by atoms with Gasteiger partial charge >= 0.3 is 0 Å². The van der Waals surface area contributed by atoms with Crippen molar-refractivity contribution in [3.63, 3.8) is 0 Å². The van der Waals surface area contributed by atoms with E-state index in [1.54, 1.807) is 11.4 Å². The molecule has 0 bridgehead atoms. The van der Waals surface area contributed by atoms with E-state index in [0.29, 0.717) is 0 Å². The lowest BCUT2D eigenvalue weighted by Gasteiger charge is -1.92. The van der Waals surface area contributed by atoms with Crippen LogP contribution in [0.2, 0.25) is 0 Å². The molecule has 0 radical (unpaired) electrons. The van der Waals surface area contributed by atoms with Crippen LogP contribution in [0, 0.1) is 6.92 Å². The Morgan fingerprint density at radius 1 is 1.56 bits per heavy atom. The summed E-state index contributed by atoms with van der Waals surface area (Å²) in [7, 11) is 2.56. The average molecular weight is 157 g/mol. The van der Waals surface area contributed by atoms with Gasteiger partial charge in [-0.25, -0.2) is 4.98 Å². The van der Waals surface area contributed by atoms with Crippen molar-refractivity contribution in [2.75, 3.05) is 0 Å². The van der Waals surface area contributed by atoms with E-state index in [4.69, 9.17) is 0 Å². The zero-order valence-electron chi connectivity index (χ0n) is 5.16. The number of aryl methyl sites for hydroxylation is 1. The van der Waals surface area contributed by atoms with Crippen LogP contribution in [-0.2, 0) is 0 Å². The standard InChI is InChI=1S/C6H8NPS/c1-5-2-3-6(9-8)7-4-5/h2-4H,8H2,1H3. The van der Waals surface area contributed by atoms with E-state index in [2.05, 4.69) is 19.5 Å². The Morgan fingerprint density at radius 2 is 2.33 bits per heavy atom. The molecule has 1 rings (SSSR count). The molecule has 1 aromatic heterocycles. The molecule has 1 unspecified atom stereocenters. The van der Waals surface area contributed by atoms with E-state index in [1.807, 2.05) is 19.2 Å². The second-order valence-corrected chi connectivity index (χ2v) is 3.15. The lowest BCUT2D eigenvalue weighted by atomic mass is 10.3. The summed E-state index contributed by atoms with van der Waals surface area (Å²) in [4.78, 5) is 4.14. The van der Waals surface area contributed by atoms with Crippen LogP contribution < -0.4 is 0 Å². The molecule has 0 N–H and O–H groups in total. The first kappa shape index (κ1) is 7.04. The molecule has 1 nitrogen and oxygen atoms in total. The van der Waals surface area contributed by atoms with Crippen LogP contribution in [0.4, 0.5) is 0 Å². The lowest BCUT2D eigenvalue weighted by molar-refractivity contribution is 1.12. The molecule has 1 aromatic rings. The molecular weight excluding hydrogens is 149 g/mol. The fourth-order valence-corrected chi connectivity index (χ4v) is 1.20. The number of hydrogen-bond donors (Lipinski definition) is 0. The summed E-state index contributed by atoms with van der Waals surface area (Å²) in [6, 6.07) is 4.06. The molecule has 0 saturated heterocycles. The Bertz CT molecular complexity index is 185. The van der Waals surface area contributed by atoms with Gasteiger partial charge in [0.25, 0.3) is 0 Å². The van der Waals surface area contributed by atoms with Gasteiger partial charge in [0.1, 0.15) is 0 Å². The summed E-state index contributed by atoms with van der Waals surface area (Å²) in [5, 5.41) is 1.05. The smallest absolute Gasteiger partial charge is 0.0996 e. The van der Waals surface area contributed by atoms with Crippen LogP contribution in [0.1, 0.15) is 5.56 Å². The third-order valence-corrected chi connectivity index (χ3v) is 2.21. The second-order valence-electron chi connectivity index (χ2n) is 1.79. The molecule has 3 heteroatoms. The molecule has 0 saturated carbocycles. The van der Waals surface area contributed by atoms with Crippen LogP contribution in [0.3, 0.4) is 0 Å². The van der Waals surface area contributed by atoms with Gasteiger partial charge in [0, 0.05) is 6.20 Å². The first-order valence-electron chi connectivity index (χ1n) is 2.62. The van der Waals surface area contributed by atoms with Gasteiger partial charge in [-0.15, -0.1) is 0 Å². The van der Waals surface area contributed by atoms with E-state index in [-0.39, 0.29) is 0 Å². The van der Waals surface area contributed by atoms with Gasteiger partial charge in [0.15, 0.2) is 0 Å². The molecule has 0 spiro atoms. The highest BCUT2D eigenvalue weighted by Crippen LogP contribution is 2.21. The van der Waals surface area contributed by atoms with Crippen molar-refractivity contribution in [1.82, 2.24) is 4.98 Å². The van der Waals surface area contributed by atoms with Gasteiger partial charge in [-0.1, -0.05) is 25.9 Å². The molecule has 0 aromatic carbocycles. The number of pyridine rings is 1. The number of aromatic nitrogens is 1. The molecule has 0 amide bonds. The lowest BCUT2D eigenvalue weighted by Crippen LogP contribution is -1.76. The molecule has 48 valence electrons. The predicted molar refractivity (Wildman–Crippen MR) is 44.5 cm³/mol. The molecule has 0 aliphatic heterocycles. The number of nitrogens with zero attached hydrogens (tertiary/aromatic N) is 1. The van der Waals surface area contributed by atoms with Crippen molar-refractivity contribution in [3.05, 3.63) is 23.9 Å². The first-order valence-corrected chi connectivity index (χ1v) is 4.91. The Kier molecular flexibility index (Phi) is 2.49. The third-order valence-electron chi connectivity index (χ3n) is 1.00. The molecule has 1 atom stereocenters. The summed E-state index contributed by atoms with van der Waals surface area (Å²) < 4.78 is 0. The van der Waals surface area contributed by atoms with Crippen LogP contribution in [0.5, 0.6) is 0 Å². The molecule has 0 aliphatic carbocycles. The van der Waals surface area contributed by atoms with Gasteiger partial charge in [-0.2, -0.15) is 0 Å². The first-order chi connectivity index (χ1) is 4.33. The zero-order chi connectivity index (χ0) is 6.69. The summed E-state index contributed by atoms with van der Waals surface area (Å²) in [5.74, 6) is 0. The normalized spacial score (nSPS) is 9.56. The van der Waals surface area contributed by atoms with Crippen molar-refractivity contribution in [1.29, 1.82) is 0 Å². The van der Waals surface area contributed by atoms with Crippen LogP contribution in [-0.4, -0.2) is 4.98 Å².